The van der Waals surface area contributed by atoms with E-state index in [0.29, 0.717) is 31.6 Å². The highest BCUT2D eigenvalue weighted by atomic mass is 32.2. The average molecular weight is 402 g/mol. The summed E-state index contributed by atoms with van der Waals surface area (Å²) in [4.78, 5) is 14.9. The number of halogens is 2. The maximum absolute atomic E-state index is 13.9. The zero-order valence-electron chi connectivity index (χ0n) is 15.5. The molecule has 2 saturated heterocycles. The van der Waals surface area contributed by atoms with Crippen molar-refractivity contribution in [3.8, 4) is 0 Å². The Kier molecular flexibility index (Phi) is 6.12. The van der Waals surface area contributed by atoms with Gasteiger partial charge in [0.1, 0.15) is 16.5 Å². The van der Waals surface area contributed by atoms with Crippen molar-refractivity contribution in [2.45, 2.75) is 24.7 Å². The number of amides is 1. The van der Waals surface area contributed by atoms with Crippen LogP contribution in [0.4, 0.5) is 8.78 Å². The number of piperidine rings is 1. The number of hydrogen-bond acceptors (Lipinski definition) is 3. The number of benzene rings is 1. The highest BCUT2D eigenvalue weighted by Crippen LogP contribution is 2.20. The second kappa shape index (κ2) is 8.20. The van der Waals surface area contributed by atoms with Gasteiger partial charge in [-0.1, -0.05) is 6.92 Å². The van der Waals surface area contributed by atoms with Crippen molar-refractivity contribution in [1.29, 1.82) is 0 Å². The normalized spacial score (nSPS) is 22.8. The largest absolute Gasteiger partial charge is 0.338 e. The van der Waals surface area contributed by atoms with Crippen LogP contribution in [0.5, 0.6) is 0 Å². The van der Waals surface area contributed by atoms with Crippen LogP contribution >= 0.6 is 0 Å². The van der Waals surface area contributed by atoms with Crippen LogP contribution in [-0.4, -0.2) is 69.3 Å². The molecule has 1 N–H and O–H groups in total. The number of hydrogen-bond donors (Lipinski definition) is 1. The predicted molar refractivity (Wildman–Crippen MR) is 95.7 cm³/mol. The molecule has 6 nitrogen and oxygen atoms in total. The molecule has 1 atom stereocenters. The van der Waals surface area contributed by atoms with Gasteiger partial charge in [0.2, 0.25) is 10.0 Å². The lowest BCUT2D eigenvalue weighted by atomic mass is 10.0. The van der Waals surface area contributed by atoms with Crippen LogP contribution in [0.3, 0.4) is 0 Å². The van der Waals surface area contributed by atoms with E-state index in [1.807, 2.05) is 4.90 Å². The van der Waals surface area contributed by atoms with E-state index in [4.69, 9.17) is 0 Å². The van der Waals surface area contributed by atoms with Gasteiger partial charge in [-0.2, -0.15) is 4.31 Å². The molecule has 2 aliphatic rings. The minimum atomic E-state index is -4.01. The van der Waals surface area contributed by atoms with Crippen molar-refractivity contribution in [1.82, 2.24) is 9.21 Å². The third kappa shape index (κ3) is 4.64. The topological polar surface area (TPSA) is 62.1 Å². The summed E-state index contributed by atoms with van der Waals surface area (Å²) in [6.07, 6.45) is 2.17. The van der Waals surface area contributed by atoms with Crippen molar-refractivity contribution in [2.24, 2.45) is 5.92 Å². The predicted octanol–water partition coefficient (Wildman–Crippen LogP) is 0.113. The number of quaternary nitrogens is 1. The van der Waals surface area contributed by atoms with Crippen LogP contribution in [0.25, 0.3) is 0 Å². The standard InChI is InChI=1S/C18H25F2N3O3S/c1-14-3-2-6-22(12-14)18(24)13-21-7-9-23(10-8-21)27(25,26)17-5-4-15(19)11-16(17)20/h4-5,11,14H,2-3,6-10,12-13H2,1H3/p+1/t14-/m1/s1. The minimum absolute atomic E-state index is 0.109. The molecule has 0 spiro atoms. The Morgan fingerprint density at radius 2 is 1.93 bits per heavy atom. The SMILES string of the molecule is C[C@@H]1CCCN(C(=O)C[NH+]2CCN(S(=O)(=O)c3ccc(F)cc3F)CC2)C1. The lowest BCUT2D eigenvalue weighted by Crippen LogP contribution is -3.15. The van der Waals surface area contributed by atoms with Crippen LogP contribution < -0.4 is 4.90 Å². The molecule has 2 aliphatic heterocycles. The summed E-state index contributed by atoms with van der Waals surface area (Å²) in [6.45, 7) is 5.46. The number of carbonyl (C=O) groups excluding carboxylic acids is 1. The molecule has 0 radical (unpaired) electrons. The molecule has 1 aromatic rings. The Labute approximate surface area is 158 Å². The van der Waals surface area contributed by atoms with Gasteiger partial charge in [-0.3, -0.25) is 4.79 Å². The van der Waals surface area contributed by atoms with E-state index in [1.54, 1.807) is 0 Å². The molecule has 2 fully saturated rings. The van der Waals surface area contributed by atoms with E-state index in [2.05, 4.69) is 6.92 Å². The Hall–Kier alpha value is -1.58. The lowest BCUT2D eigenvalue weighted by Gasteiger charge is -2.34. The summed E-state index contributed by atoms with van der Waals surface area (Å²) in [5.74, 6) is -1.27. The van der Waals surface area contributed by atoms with Crippen molar-refractivity contribution in [2.75, 3.05) is 45.8 Å². The second-order valence-electron chi connectivity index (χ2n) is 7.49. The molecule has 0 aliphatic carbocycles. The maximum atomic E-state index is 13.9. The zero-order chi connectivity index (χ0) is 19.6. The molecular weight excluding hydrogens is 376 g/mol. The molecule has 1 amide bonds. The van der Waals surface area contributed by atoms with Crippen molar-refractivity contribution < 1.29 is 26.9 Å². The molecule has 0 saturated carbocycles. The van der Waals surface area contributed by atoms with Crippen LogP contribution in [0.15, 0.2) is 23.1 Å². The van der Waals surface area contributed by atoms with Crippen molar-refractivity contribution in [3.63, 3.8) is 0 Å². The van der Waals surface area contributed by atoms with E-state index in [0.717, 1.165) is 43.0 Å². The van der Waals surface area contributed by atoms with Gasteiger partial charge < -0.3 is 9.80 Å². The van der Waals surface area contributed by atoms with Crippen molar-refractivity contribution >= 4 is 15.9 Å². The molecule has 27 heavy (non-hydrogen) atoms. The number of sulfonamides is 1. The fourth-order valence-corrected chi connectivity index (χ4v) is 5.27. The number of rotatable bonds is 4. The summed E-state index contributed by atoms with van der Waals surface area (Å²) < 4.78 is 53.4. The molecule has 0 unspecified atom stereocenters. The third-order valence-electron chi connectivity index (χ3n) is 5.35. The van der Waals surface area contributed by atoms with Gasteiger partial charge in [0, 0.05) is 19.2 Å². The molecule has 1 aromatic carbocycles. The molecule has 0 aromatic heterocycles. The third-order valence-corrected chi connectivity index (χ3v) is 7.28. The van der Waals surface area contributed by atoms with E-state index in [-0.39, 0.29) is 19.0 Å². The fourth-order valence-electron chi connectivity index (χ4n) is 3.78. The smallest absolute Gasteiger partial charge is 0.277 e. The molecule has 0 bridgehead atoms. The van der Waals surface area contributed by atoms with E-state index in [1.165, 1.54) is 4.31 Å². The zero-order valence-corrected chi connectivity index (χ0v) is 16.3. The summed E-state index contributed by atoms with van der Waals surface area (Å²) in [5, 5.41) is 0. The van der Waals surface area contributed by atoms with Gasteiger partial charge in [0.05, 0.1) is 26.2 Å². The molecule has 3 rings (SSSR count). The highest BCUT2D eigenvalue weighted by Gasteiger charge is 2.33. The first kappa shape index (κ1) is 20.2. The van der Waals surface area contributed by atoms with Crippen LogP contribution in [0.1, 0.15) is 19.8 Å². The van der Waals surface area contributed by atoms with Gasteiger partial charge in [-0.05, 0) is 30.9 Å². The van der Waals surface area contributed by atoms with Gasteiger partial charge in [0.15, 0.2) is 6.54 Å². The number of nitrogens with one attached hydrogen (secondary N) is 1. The molecule has 150 valence electrons. The first-order valence-corrected chi connectivity index (χ1v) is 10.8. The first-order valence-electron chi connectivity index (χ1n) is 9.34. The van der Waals surface area contributed by atoms with E-state index >= 15 is 0 Å². The Morgan fingerprint density at radius 3 is 2.56 bits per heavy atom. The summed E-state index contributed by atoms with van der Waals surface area (Å²) >= 11 is 0. The Morgan fingerprint density at radius 1 is 1.22 bits per heavy atom. The second-order valence-corrected chi connectivity index (χ2v) is 9.40. The fraction of sp³-hybridized carbons (Fsp3) is 0.611. The van der Waals surface area contributed by atoms with Gasteiger partial charge >= 0.3 is 0 Å². The first-order chi connectivity index (χ1) is 12.8. The lowest BCUT2D eigenvalue weighted by molar-refractivity contribution is -0.896. The molecule has 2 heterocycles. The van der Waals surface area contributed by atoms with Crippen LogP contribution in [0.2, 0.25) is 0 Å². The number of nitrogens with zero attached hydrogens (tertiary/aromatic N) is 2. The molecular formula is C18H26F2N3O3S+. The summed E-state index contributed by atoms with van der Waals surface area (Å²) in [7, 11) is -4.01. The number of piperazine rings is 1. The minimum Gasteiger partial charge on any atom is -0.338 e. The van der Waals surface area contributed by atoms with Gasteiger partial charge in [-0.25, -0.2) is 17.2 Å². The highest BCUT2D eigenvalue weighted by molar-refractivity contribution is 7.89. The average Bonchev–Trinajstić information content (AvgIpc) is 2.62. The van der Waals surface area contributed by atoms with Gasteiger partial charge in [-0.15, -0.1) is 0 Å². The quantitative estimate of drug-likeness (QED) is 0.778. The number of likely N-dealkylation sites (tertiary alicyclic amines) is 1. The maximum Gasteiger partial charge on any atom is 0.277 e. The summed E-state index contributed by atoms with van der Waals surface area (Å²) in [5.41, 5.74) is 0. The van der Waals surface area contributed by atoms with Crippen LogP contribution in [-0.2, 0) is 14.8 Å². The van der Waals surface area contributed by atoms with Gasteiger partial charge in [0.25, 0.3) is 5.91 Å². The van der Waals surface area contributed by atoms with E-state index in [9.17, 15) is 22.0 Å². The molecule has 9 heteroatoms. The number of carbonyl (C=O) groups is 1. The monoisotopic (exact) mass is 402 g/mol. The summed E-state index contributed by atoms with van der Waals surface area (Å²) in [6, 6.07) is 2.47. The van der Waals surface area contributed by atoms with Crippen molar-refractivity contribution in [3.05, 3.63) is 29.8 Å². The Bertz CT molecular complexity index is 795. The van der Waals surface area contributed by atoms with E-state index < -0.39 is 26.6 Å². The van der Waals surface area contributed by atoms with Crippen LogP contribution in [0, 0.1) is 17.6 Å². The Balaban J connectivity index is 1.57.